The van der Waals surface area contributed by atoms with Crippen LogP contribution in [0, 0.1) is 5.41 Å². The molecule has 0 bridgehead atoms. The van der Waals surface area contributed by atoms with Gasteiger partial charge < -0.3 is 16.3 Å². The molecule has 1 aromatic rings. The minimum absolute atomic E-state index is 0.0404. The number of nitrogens with one attached hydrogen (secondary N) is 1. The van der Waals surface area contributed by atoms with Crippen LogP contribution >= 0.6 is 0 Å². The molecular weight excluding hydrogens is 216 g/mol. The summed E-state index contributed by atoms with van der Waals surface area (Å²) >= 11 is 0. The standard InChI is InChI=1S/C12H18N4O/c1-12(2)6-10(12)15-7-8-3-4-14-9(5-8)11(13)16-17/h3-5,10,15,17H,6-7H2,1-2H3,(H2,13,16). The Morgan fingerprint density at radius 1 is 1.71 bits per heavy atom. The second kappa shape index (κ2) is 4.33. The van der Waals surface area contributed by atoms with Crippen molar-refractivity contribution in [3.05, 3.63) is 29.6 Å². The van der Waals surface area contributed by atoms with Gasteiger partial charge in [-0.2, -0.15) is 0 Å². The maximum Gasteiger partial charge on any atom is 0.188 e. The van der Waals surface area contributed by atoms with Gasteiger partial charge in [-0.3, -0.25) is 4.98 Å². The van der Waals surface area contributed by atoms with E-state index in [1.165, 1.54) is 6.42 Å². The summed E-state index contributed by atoms with van der Waals surface area (Å²) in [5, 5.41) is 15.0. The highest BCUT2D eigenvalue weighted by Crippen LogP contribution is 2.44. The van der Waals surface area contributed by atoms with Crippen molar-refractivity contribution >= 4 is 5.84 Å². The largest absolute Gasteiger partial charge is 0.409 e. The summed E-state index contributed by atoms with van der Waals surface area (Å²) in [7, 11) is 0. The molecule has 92 valence electrons. The third kappa shape index (κ3) is 2.74. The first-order valence-corrected chi connectivity index (χ1v) is 5.69. The second-order valence-electron chi connectivity index (χ2n) is 5.16. The fraction of sp³-hybridized carbons (Fsp3) is 0.500. The van der Waals surface area contributed by atoms with Gasteiger partial charge in [0.15, 0.2) is 5.84 Å². The lowest BCUT2D eigenvalue weighted by atomic mass is 10.2. The highest BCUT2D eigenvalue weighted by Gasteiger charge is 2.44. The Kier molecular flexibility index (Phi) is 3.02. The Hall–Kier alpha value is -1.62. The van der Waals surface area contributed by atoms with E-state index in [1.807, 2.05) is 12.1 Å². The summed E-state index contributed by atoms with van der Waals surface area (Å²) < 4.78 is 0. The van der Waals surface area contributed by atoms with Gasteiger partial charge in [-0.1, -0.05) is 19.0 Å². The molecular formula is C12H18N4O. The Morgan fingerprint density at radius 3 is 3.00 bits per heavy atom. The number of pyridine rings is 1. The van der Waals surface area contributed by atoms with Crippen LogP contribution in [0.25, 0.3) is 0 Å². The van der Waals surface area contributed by atoms with E-state index in [4.69, 9.17) is 10.9 Å². The summed E-state index contributed by atoms with van der Waals surface area (Å²) in [6.45, 7) is 5.28. The normalized spacial score (nSPS) is 22.5. The van der Waals surface area contributed by atoms with Crippen molar-refractivity contribution in [3.8, 4) is 0 Å². The first-order valence-electron chi connectivity index (χ1n) is 5.69. The Labute approximate surface area is 101 Å². The SMILES string of the molecule is CC1(C)CC1NCc1ccnc(C(N)=NO)c1. The first kappa shape index (κ1) is 11.9. The lowest BCUT2D eigenvalue weighted by Crippen LogP contribution is -2.21. The smallest absolute Gasteiger partial charge is 0.188 e. The molecule has 0 aromatic carbocycles. The number of nitrogens with zero attached hydrogens (tertiary/aromatic N) is 2. The molecule has 2 rings (SSSR count). The van der Waals surface area contributed by atoms with Crippen molar-refractivity contribution in [2.75, 3.05) is 0 Å². The molecule has 4 N–H and O–H groups in total. The molecule has 0 amide bonds. The van der Waals surface area contributed by atoms with E-state index in [1.54, 1.807) is 6.20 Å². The fourth-order valence-electron chi connectivity index (χ4n) is 1.83. The van der Waals surface area contributed by atoms with Crippen molar-refractivity contribution in [2.24, 2.45) is 16.3 Å². The monoisotopic (exact) mass is 234 g/mol. The zero-order chi connectivity index (χ0) is 12.5. The molecule has 1 aliphatic carbocycles. The quantitative estimate of drug-likeness (QED) is 0.315. The molecule has 17 heavy (non-hydrogen) atoms. The maximum atomic E-state index is 8.58. The van der Waals surface area contributed by atoms with Crippen LogP contribution in [-0.2, 0) is 6.54 Å². The van der Waals surface area contributed by atoms with E-state index < -0.39 is 0 Å². The second-order valence-corrected chi connectivity index (χ2v) is 5.16. The predicted molar refractivity (Wildman–Crippen MR) is 65.8 cm³/mol. The van der Waals surface area contributed by atoms with Crippen molar-refractivity contribution in [3.63, 3.8) is 0 Å². The van der Waals surface area contributed by atoms with Gasteiger partial charge in [0.05, 0.1) is 0 Å². The van der Waals surface area contributed by atoms with E-state index in [0.29, 0.717) is 17.2 Å². The summed E-state index contributed by atoms with van der Waals surface area (Å²) in [5.74, 6) is 0.0404. The van der Waals surface area contributed by atoms with Gasteiger partial charge in [-0.05, 0) is 29.5 Å². The topological polar surface area (TPSA) is 83.5 Å². The van der Waals surface area contributed by atoms with Gasteiger partial charge >= 0.3 is 0 Å². The van der Waals surface area contributed by atoms with Gasteiger partial charge in [-0.15, -0.1) is 0 Å². The zero-order valence-electron chi connectivity index (χ0n) is 10.1. The molecule has 0 radical (unpaired) electrons. The summed E-state index contributed by atoms with van der Waals surface area (Å²) in [5.41, 5.74) is 7.50. The van der Waals surface area contributed by atoms with Gasteiger partial charge in [0, 0.05) is 18.8 Å². The van der Waals surface area contributed by atoms with Crippen molar-refractivity contribution in [1.82, 2.24) is 10.3 Å². The van der Waals surface area contributed by atoms with Crippen molar-refractivity contribution in [1.29, 1.82) is 0 Å². The van der Waals surface area contributed by atoms with Gasteiger partial charge in [-0.25, -0.2) is 0 Å². The van der Waals surface area contributed by atoms with E-state index >= 15 is 0 Å². The molecule has 0 spiro atoms. The number of aromatic nitrogens is 1. The molecule has 1 atom stereocenters. The van der Waals surface area contributed by atoms with E-state index in [9.17, 15) is 0 Å². The van der Waals surface area contributed by atoms with Crippen LogP contribution in [0.1, 0.15) is 31.5 Å². The molecule has 5 heteroatoms. The zero-order valence-corrected chi connectivity index (χ0v) is 10.1. The van der Waals surface area contributed by atoms with Crippen LogP contribution < -0.4 is 11.1 Å². The van der Waals surface area contributed by atoms with Crippen molar-refractivity contribution < 1.29 is 5.21 Å². The lowest BCUT2D eigenvalue weighted by molar-refractivity contribution is 0.318. The van der Waals surface area contributed by atoms with Crippen LogP contribution in [0.3, 0.4) is 0 Å². The number of rotatable bonds is 4. The van der Waals surface area contributed by atoms with E-state index in [2.05, 4.69) is 29.3 Å². The Balaban J connectivity index is 1.97. The lowest BCUT2D eigenvalue weighted by Gasteiger charge is -2.07. The average Bonchev–Trinajstić information content (AvgIpc) is 2.94. The third-order valence-corrected chi connectivity index (χ3v) is 3.26. The van der Waals surface area contributed by atoms with E-state index in [-0.39, 0.29) is 5.84 Å². The van der Waals surface area contributed by atoms with Crippen molar-refractivity contribution in [2.45, 2.75) is 32.9 Å². The number of hydrogen-bond donors (Lipinski definition) is 3. The van der Waals surface area contributed by atoms with Crippen LogP contribution in [0.5, 0.6) is 0 Å². The number of hydrogen-bond acceptors (Lipinski definition) is 4. The molecule has 0 aliphatic heterocycles. The molecule has 1 unspecified atom stereocenters. The summed E-state index contributed by atoms with van der Waals surface area (Å²) in [4.78, 5) is 4.04. The van der Waals surface area contributed by atoms with Crippen LogP contribution in [0.15, 0.2) is 23.5 Å². The van der Waals surface area contributed by atoms with Crippen LogP contribution in [0.4, 0.5) is 0 Å². The molecule has 1 heterocycles. The number of oxime groups is 1. The molecule has 1 saturated carbocycles. The highest BCUT2D eigenvalue weighted by atomic mass is 16.4. The Morgan fingerprint density at radius 2 is 2.41 bits per heavy atom. The van der Waals surface area contributed by atoms with Gasteiger partial charge in [0.2, 0.25) is 0 Å². The highest BCUT2D eigenvalue weighted by molar-refractivity contribution is 5.95. The molecule has 0 saturated heterocycles. The molecule has 1 aromatic heterocycles. The number of amidine groups is 1. The van der Waals surface area contributed by atoms with Crippen LogP contribution in [0.2, 0.25) is 0 Å². The average molecular weight is 234 g/mol. The van der Waals surface area contributed by atoms with Crippen LogP contribution in [-0.4, -0.2) is 22.1 Å². The minimum Gasteiger partial charge on any atom is -0.409 e. The predicted octanol–water partition coefficient (Wildman–Crippen LogP) is 1.06. The first-order chi connectivity index (χ1) is 8.03. The maximum absolute atomic E-state index is 8.58. The van der Waals surface area contributed by atoms with E-state index in [0.717, 1.165) is 12.1 Å². The molecule has 1 fully saturated rings. The third-order valence-electron chi connectivity index (χ3n) is 3.26. The molecule has 5 nitrogen and oxygen atoms in total. The Bertz CT molecular complexity index is 442. The summed E-state index contributed by atoms with van der Waals surface area (Å²) in [6, 6.07) is 4.34. The summed E-state index contributed by atoms with van der Waals surface area (Å²) in [6.07, 6.45) is 2.88. The molecule has 1 aliphatic rings. The number of nitrogens with two attached hydrogens (primary N) is 1. The minimum atomic E-state index is 0.0404. The fourth-order valence-corrected chi connectivity index (χ4v) is 1.83. The van der Waals surface area contributed by atoms with Gasteiger partial charge in [0.1, 0.15) is 5.69 Å². The van der Waals surface area contributed by atoms with Gasteiger partial charge in [0.25, 0.3) is 0 Å².